The topological polar surface area (TPSA) is 25.8 Å². The van der Waals surface area contributed by atoms with Crippen LogP contribution in [0.5, 0.6) is 0 Å². The van der Waals surface area contributed by atoms with Crippen LogP contribution in [-0.4, -0.2) is 9.97 Å². The largest absolute Gasteiger partial charge is 0.247 e. The zero-order valence-electron chi connectivity index (χ0n) is 16.7. The van der Waals surface area contributed by atoms with Gasteiger partial charge in [-0.1, -0.05) is 54.6 Å². The first kappa shape index (κ1) is 16.3. The fourth-order valence-corrected chi connectivity index (χ4v) is 5.29. The molecule has 0 radical (unpaired) electrons. The fourth-order valence-electron chi connectivity index (χ4n) is 5.29. The number of hydrogen-bond acceptors (Lipinski definition) is 2. The lowest BCUT2D eigenvalue weighted by Crippen LogP contribution is -2.07. The highest BCUT2D eigenvalue weighted by Crippen LogP contribution is 2.38. The molecule has 0 atom stereocenters. The van der Waals surface area contributed by atoms with Gasteiger partial charge in [0, 0.05) is 21.9 Å². The molecule has 5 aromatic rings. The highest BCUT2D eigenvalue weighted by atomic mass is 14.7. The zero-order valence-corrected chi connectivity index (χ0v) is 16.7. The van der Waals surface area contributed by atoms with E-state index in [1.807, 2.05) is 0 Å². The van der Waals surface area contributed by atoms with Gasteiger partial charge < -0.3 is 0 Å². The first-order valence-electron chi connectivity index (χ1n) is 10.8. The molecule has 0 aliphatic heterocycles. The molecule has 30 heavy (non-hydrogen) atoms. The van der Waals surface area contributed by atoms with E-state index in [9.17, 15) is 0 Å². The van der Waals surface area contributed by atoms with Gasteiger partial charge in [0.2, 0.25) is 0 Å². The Morgan fingerprint density at radius 2 is 1.13 bits per heavy atom. The average molecular weight is 384 g/mol. The molecule has 3 aromatic carbocycles. The lowest BCUT2D eigenvalue weighted by molar-refractivity contribution is 0.931. The Morgan fingerprint density at radius 1 is 0.533 bits per heavy atom. The predicted octanol–water partition coefficient (Wildman–Crippen LogP) is 6.31. The van der Waals surface area contributed by atoms with Gasteiger partial charge in [0.15, 0.2) is 0 Å². The van der Waals surface area contributed by atoms with Crippen LogP contribution >= 0.6 is 0 Å². The Labute approximate surface area is 175 Å². The van der Waals surface area contributed by atoms with Crippen molar-refractivity contribution in [2.45, 2.75) is 25.7 Å². The van der Waals surface area contributed by atoms with Gasteiger partial charge in [-0.25, -0.2) is 9.97 Å². The predicted molar refractivity (Wildman–Crippen MR) is 123 cm³/mol. The third-order valence-electron chi connectivity index (χ3n) is 6.81. The third kappa shape index (κ3) is 2.25. The Morgan fingerprint density at radius 3 is 1.87 bits per heavy atom. The van der Waals surface area contributed by atoms with E-state index in [0.717, 1.165) is 48.1 Å². The van der Waals surface area contributed by atoms with Gasteiger partial charge in [-0.05, 0) is 66.1 Å². The van der Waals surface area contributed by atoms with Gasteiger partial charge in [0.1, 0.15) is 0 Å². The van der Waals surface area contributed by atoms with Gasteiger partial charge >= 0.3 is 0 Å². The van der Waals surface area contributed by atoms with E-state index in [1.54, 1.807) is 0 Å². The number of benzene rings is 3. The van der Waals surface area contributed by atoms with Gasteiger partial charge in [0.25, 0.3) is 0 Å². The van der Waals surface area contributed by atoms with E-state index in [1.165, 1.54) is 44.2 Å². The first-order chi connectivity index (χ1) is 14.8. The molecule has 2 aliphatic rings. The minimum atomic E-state index is 1.04. The van der Waals surface area contributed by atoms with Crippen molar-refractivity contribution in [1.82, 2.24) is 9.97 Å². The minimum Gasteiger partial charge on any atom is -0.247 e. The minimum absolute atomic E-state index is 1.04. The number of nitrogens with zero attached hydrogens (tertiary/aromatic N) is 2. The number of hydrogen-bond donors (Lipinski definition) is 0. The fraction of sp³-hybridized carbons (Fsp3) is 0.143. The lowest BCUT2D eigenvalue weighted by Gasteiger charge is -2.21. The number of fused-ring (bicyclic) bond motifs is 9. The number of aryl methyl sites for hydroxylation is 4. The molecule has 0 fully saturated rings. The second-order valence-electron chi connectivity index (χ2n) is 8.51. The van der Waals surface area contributed by atoms with Crippen LogP contribution in [0.15, 0.2) is 72.8 Å². The van der Waals surface area contributed by atoms with Crippen molar-refractivity contribution in [1.29, 1.82) is 0 Å². The molecule has 0 saturated heterocycles. The number of aromatic nitrogens is 2. The summed E-state index contributed by atoms with van der Waals surface area (Å²) >= 11 is 0. The quantitative estimate of drug-likeness (QED) is 0.292. The van der Waals surface area contributed by atoms with Gasteiger partial charge in [-0.2, -0.15) is 0 Å². The summed E-state index contributed by atoms with van der Waals surface area (Å²) in [6.07, 6.45) is 4.28. The van der Waals surface area contributed by atoms with E-state index < -0.39 is 0 Å². The molecule has 0 N–H and O–H groups in total. The number of pyridine rings is 2. The van der Waals surface area contributed by atoms with Crippen LogP contribution in [0.1, 0.15) is 22.3 Å². The van der Waals surface area contributed by atoms with Crippen LogP contribution in [-0.2, 0) is 25.7 Å². The molecule has 2 nitrogen and oxygen atoms in total. The zero-order chi connectivity index (χ0) is 19.7. The average Bonchev–Trinajstić information content (AvgIpc) is 2.81. The molecule has 0 unspecified atom stereocenters. The van der Waals surface area contributed by atoms with Crippen LogP contribution in [0.25, 0.3) is 44.3 Å². The third-order valence-corrected chi connectivity index (χ3v) is 6.81. The maximum atomic E-state index is 5.24. The molecule has 2 heteroatoms. The second-order valence-corrected chi connectivity index (χ2v) is 8.51. The highest BCUT2D eigenvalue weighted by molar-refractivity contribution is 6.06. The normalized spacial score (nSPS) is 14.1. The summed E-state index contributed by atoms with van der Waals surface area (Å²) in [5.41, 5.74) is 12.5. The van der Waals surface area contributed by atoms with Crippen LogP contribution < -0.4 is 0 Å². The van der Waals surface area contributed by atoms with Crippen LogP contribution in [0.3, 0.4) is 0 Å². The number of rotatable bonds is 0. The molecule has 0 amide bonds. The Kier molecular flexibility index (Phi) is 3.25. The van der Waals surface area contributed by atoms with E-state index in [4.69, 9.17) is 9.97 Å². The van der Waals surface area contributed by atoms with E-state index in [-0.39, 0.29) is 0 Å². The Balaban J connectivity index is 1.52. The first-order valence-corrected chi connectivity index (χ1v) is 10.8. The Hall–Kier alpha value is -3.52. The molecule has 2 aromatic heterocycles. The summed E-state index contributed by atoms with van der Waals surface area (Å²) in [4.78, 5) is 10.4. The molecule has 142 valence electrons. The Bertz CT molecular complexity index is 1500. The summed E-state index contributed by atoms with van der Waals surface area (Å²) in [5, 5.41) is 2.40. The summed E-state index contributed by atoms with van der Waals surface area (Å²) in [5.74, 6) is 0. The summed E-state index contributed by atoms with van der Waals surface area (Å²) in [6, 6.07) is 26.5. The molecule has 0 saturated carbocycles. The molecule has 0 bridgehead atoms. The van der Waals surface area contributed by atoms with E-state index in [2.05, 4.69) is 72.8 Å². The maximum Gasteiger partial charge on any atom is 0.0803 e. The van der Waals surface area contributed by atoms with Crippen LogP contribution in [0.2, 0.25) is 0 Å². The molecule has 7 rings (SSSR count). The molecular weight excluding hydrogens is 364 g/mol. The van der Waals surface area contributed by atoms with Crippen molar-refractivity contribution >= 4 is 21.8 Å². The van der Waals surface area contributed by atoms with Crippen molar-refractivity contribution in [2.24, 2.45) is 0 Å². The van der Waals surface area contributed by atoms with E-state index in [0.29, 0.717) is 0 Å². The van der Waals surface area contributed by atoms with Crippen LogP contribution in [0.4, 0.5) is 0 Å². The van der Waals surface area contributed by atoms with Crippen molar-refractivity contribution in [2.75, 3.05) is 0 Å². The summed E-state index contributed by atoms with van der Waals surface area (Å²) < 4.78 is 0. The molecule has 2 heterocycles. The van der Waals surface area contributed by atoms with Crippen LogP contribution in [0, 0.1) is 0 Å². The highest BCUT2D eigenvalue weighted by Gasteiger charge is 2.21. The molecule has 2 aliphatic carbocycles. The van der Waals surface area contributed by atoms with Crippen molar-refractivity contribution in [3.05, 3.63) is 95.1 Å². The molecular formula is C28H20N2. The smallest absolute Gasteiger partial charge is 0.0803 e. The van der Waals surface area contributed by atoms with Gasteiger partial charge in [-0.3, -0.25) is 0 Å². The summed E-state index contributed by atoms with van der Waals surface area (Å²) in [7, 11) is 0. The molecule has 0 spiro atoms. The van der Waals surface area contributed by atoms with Crippen molar-refractivity contribution in [3.63, 3.8) is 0 Å². The van der Waals surface area contributed by atoms with Gasteiger partial charge in [-0.15, -0.1) is 0 Å². The van der Waals surface area contributed by atoms with Gasteiger partial charge in [0.05, 0.1) is 22.4 Å². The standard InChI is InChI=1S/C28H20N2/c1-3-7-22-17(5-1)10-12-21-16-24-25(29-26(21)22)14-13-20-15-19-11-9-18-6-2-4-8-23(18)27(19)30-28(20)24/h1-8,13-16H,9-12H2. The SMILES string of the molecule is c1ccc2c(c1)CCc1cc3c(ccc4cc5c(nc43)-c3ccccc3CC5)nc1-2. The van der Waals surface area contributed by atoms with E-state index >= 15 is 0 Å². The maximum absolute atomic E-state index is 5.24. The lowest BCUT2D eigenvalue weighted by atomic mass is 9.87. The summed E-state index contributed by atoms with van der Waals surface area (Å²) in [6.45, 7) is 0. The monoisotopic (exact) mass is 384 g/mol. The van der Waals surface area contributed by atoms with Crippen molar-refractivity contribution in [3.8, 4) is 22.5 Å². The second kappa shape index (κ2) is 5.99. The van der Waals surface area contributed by atoms with Crippen molar-refractivity contribution < 1.29 is 0 Å².